The average Bonchev–Trinajstić information content (AvgIpc) is 2.91. The maximum atomic E-state index is 12.4. The number of benzene rings is 1. The van der Waals surface area contributed by atoms with Gasteiger partial charge in [-0.15, -0.1) is 0 Å². The lowest BCUT2D eigenvalue weighted by Gasteiger charge is -2.20. The Labute approximate surface area is 115 Å². The van der Waals surface area contributed by atoms with Crippen LogP contribution in [0.15, 0.2) is 24.3 Å². The van der Waals surface area contributed by atoms with E-state index in [1.807, 2.05) is 0 Å². The fourth-order valence-electron chi connectivity index (χ4n) is 2.17. The molecule has 110 valence electrons. The molecule has 0 radical (unpaired) electrons. The molecule has 1 heterocycles. The van der Waals surface area contributed by atoms with Gasteiger partial charge in [0.1, 0.15) is 6.10 Å². The fraction of sp³-hybridized carbons (Fsp3) is 0.500. The van der Waals surface area contributed by atoms with Crippen LogP contribution < -0.4 is 0 Å². The Hall–Kier alpha value is -1.56. The molecule has 0 bridgehead atoms. The number of hydrogen-bond acceptors (Lipinski definition) is 2. The van der Waals surface area contributed by atoms with Crippen molar-refractivity contribution in [1.82, 2.24) is 4.90 Å². The maximum absolute atomic E-state index is 12.4. The number of nitrogens with zero attached hydrogens (tertiary/aromatic N) is 1. The van der Waals surface area contributed by atoms with Crippen molar-refractivity contribution < 1.29 is 22.7 Å². The monoisotopic (exact) mass is 287 g/mol. The summed E-state index contributed by atoms with van der Waals surface area (Å²) in [6.45, 7) is 0.862. The molecule has 3 nitrogen and oxygen atoms in total. The van der Waals surface area contributed by atoms with E-state index in [-0.39, 0.29) is 12.5 Å². The molecule has 0 saturated carbocycles. The van der Waals surface area contributed by atoms with Gasteiger partial charge in [0.05, 0.1) is 5.56 Å². The number of likely N-dealkylation sites (N-methyl/N-ethyl adjacent to an activating group) is 1. The third-order valence-electron chi connectivity index (χ3n) is 3.28. The summed E-state index contributed by atoms with van der Waals surface area (Å²) in [5.41, 5.74) is -0.0267. The Kier molecular flexibility index (Phi) is 4.32. The van der Waals surface area contributed by atoms with E-state index in [1.165, 1.54) is 17.0 Å². The number of rotatable bonds is 3. The van der Waals surface area contributed by atoms with Gasteiger partial charge in [0.25, 0.3) is 5.91 Å². The van der Waals surface area contributed by atoms with Crippen molar-refractivity contribution >= 4 is 5.91 Å². The van der Waals surface area contributed by atoms with Crippen molar-refractivity contribution in [3.8, 4) is 0 Å². The molecule has 6 heteroatoms. The van der Waals surface area contributed by atoms with E-state index in [1.54, 1.807) is 7.05 Å². The van der Waals surface area contributed by atoms with Crippen molar-refractivity contribution in [2.75, 3.05) is 13.7 Å². The van der Waals surface area contributed by atoms with E-state index >= 15 is 0 Å². The Morgan fingerprint density at radius 2 is 2.00 bits per heavy atom. The number of halogens is 3. The normalized spacial score (nSPS) is 19.1. The number of alkyl halides is 3. The number of carbonyl (C=O) groups excluding carboxylic acids is 1. The first kappa shape index (κ1) is 14.8. The van der Waals surface area contributed by atoms with Gasteiger partial charge in [-0.05, 0) is 30.5 Å². The first-order valence-corrected chi connectivity index (χ1v) is 6.40. The molecular weight excluding hydrogens is 271 g/mol. The molecular formula is C14H16F3NO2. The van der Waals surface area contributed by atoms with E-state index in [0.717, 1.165) is 18.6 Å². The summed E-state index contributed by atoms with van der Waals surface area (Å²) >= 11 is 0. The van der Waals surface area contributed by atoms with E-state index in [2.05, 4.69) is 0 Å². The van der Waals surface area contributed by atoms with Gasteiger partial charge < -0.3 is 9.64 Å². The van der Waals surface area contributed by atoms with E-state index < -0.39 is 17.8 Å². The van der Waals surface area contributed by atoms with Gasteiger partial charge in [-0.25, -0.2) is 0 Å². The lowest BCUT2D eigenvalue weighted by Crippen LogP contribution is -2.35. The highest BCUT2D eigenvalue weighted by Crippen LogP contribution is 2.29. The quantitative estimate of drug-likeness (QED) is 0.855. The van der Waals surface area contributed by atoms with Crippen LogP contribution in [-0.4, -0.2) is 30.6 Å². The van der Waals surface area contributed by atoms with Crippen molar-refractivity contribution in [3.05, 3.63) is 35.4 Å². The van der Waals surface area contributed by atoms with Crippen LogP contribution in [0, 0.1) is 0 Å². The molecule has 2 rings (SSSR count). The predicted octanol–water partition coefficient (Wildman–Crippen LogP) is 2.84. The maximum Gasteiger partial charge on any atom is 0.416 e. The number of hydrogen-bond donors (Lipinski definition) is 0. The highest BCUT2D eigenvalue weighted by atomic mass is 19.4. The van der Waals surface area contributed by atoms with E-state index in [4.69, 9.17) is 4.74 Å². The standard InChI is InChI=1S/C14H16F3NO2/c1-18(13(19)12-3-2-8-20-12)9-10-4-6-11(7-5-10)14(15,16)17/h4-7,12H,2-3,8-9H2,1H3/t12-/m1/s1. The molecule has 1 saturated heterocycles. The van der Waals surface area contributed by atoms with E-state index in [0.29, 0.717) is 18.6 Å². The molecule has 0 aromatic heterocycles. The second-order valence-corrected chi connectivity index (χ2v) is 4.89. The van der Waals surface area contributed by atoms with Gasteiger partial charge in [0, 0.05) is 20.2 Å². The molecule has 0 aliphatic carbocycles. The van der Waals surface area contributed by atoms with E-state index in [9.17, 15) is 18.0 Å². The van der Waals surface area contributed by atoms with Crippen molar-refractivity contribution in [1.29, 1.82) is 0 Å². The highest BCUT2D eigenvalue weighted by Gasteiger charge is 2.30. The lowest BCUT2D eigenvalue weighted by atomic mass is 10.1. The van der Waals surface area contributed by atoms with Gasteiger partial charge >= 0.3 is 6.18 Å². The van der Waals surface area contributed by atoms with Crippen LogP contribution in [0.2, 0.25) is 0 Å². The SMILES string of the molecule is CN(Cc1ccc(C(F)(F)F)cc1)C(=O)[C@H]1CCCO1. The van der Waals surface area contributed by atoms with Crippen LogP contribution in [0.3, 0.4) is 0 Å². The smallest absolute Gasteiger partial charge is 0.368 e. The lowest BCUT2D eigenvalue weighted by molar-refractivity contribution is -0.140. The van der Waals surface area contributed by atoms with Crippen LogP contribution in [0.5, 0.6) is 0 Å². The summed E-state index contributed by atoms with van der Waals surface area (Å²) in [5, 5.41) is 0. The molecule has 1 fully saturated rings. The minimum atomic E-state index is -4.34. The minimum absolute atomic E-state index is 0.123. The molecule has 0 spiro atoms. The molecule has 1 aliphatic rings. The minimum Gasteiger partial charge on any atom is -0.368 e. The summed E-state index contributed by atoms with van der Waals surface area (Å²) in [7, 11) is 1.63. The van der Waals surface area contributed by atoms with Crippen LogP contribution in [-0.2, 0) is 22.3 Å². The zero-order valence-corrected chi connectivity index (χ0v) is 11.1. The third-order valence-corrected chi connectivity index (χ3v) is 3.28. The van der Waals surface area contributed by atoms with Crippen LogP contribution in [0.4, 0.5) is 13.2 Å². The largest absolute Gasteiger partial charge is 0.416 e. The summed E-state index contributed by atoms with van der Waals surface area (Å²) in [6, 6.07) is 4.84. The topological polar surface area (TPSA) is 29.5 Å². The van der Waals surface area contributed by atoms with Gasteiger partial charge in [-0.1, -0.05) is 12.1 Å². The van der Waals surface area contributed by atoms with Gasteiger partial charge in [0.15, 0.2) is 0 Å². The van der Waals surface area contributed by atoms with Crippen molar-refractivity contribution in [2.45, 2.75) is 31.7 Å². The average molecular weight is 287 g/mol. The molecule has 20 heavy (non-hydrogen) atoms. The predicted molar refractivity (Wildman–Crippen MR) is 66.9 cm³/mol. The molecule has 1 atom stereocenters. The van der Waals surface area contributed by atoms with Gasteiger partial charge in [-0.2, -0.15) is 13.2 Å². The summed E-state index contributed by atoms with van der Waals surface area (Å²) < 4.78 is 42.6. The molecule has 1 aliphatic heterocycles. The Morgan fingerprint density at radius 3 is 2.50 bits per heavy atom. The number of ether oxygens (including phenoxy) is 1. The molecule has 0 N–H and O–H groups in total. The number of carbonyl (C=O) groups is 1. The summed E-state index contributed by atoms with van der Waals surface area (Å²) in [6.07, 6.45) is -3.17. The van der Waals surface area contributed by atoms with Crippen molar-refractivity contribution in [3.63, 3.8) is 0 Å². The van der Waals surface area contributed by atoms with Gasteiger partial charge in [-0.3, -0.25) is 4.79 Å². The molecule has 1 amide bonds. The molecule has 0 unspecified atom stereocenters. The zero-order valence-electron chi connectivity index (χ0n) is 11.1. The first-order chi connectivity index (χ1) is 9.38. The molecule has 1 aromatic carbocycles. The van der Waals surface area contributed by atoms with Gasteiger partial charge in [0.2, 0.25) is 0 Å². The number of amides is 1. The second kappa shape index (κ2) is 5.83. The van der Waals surface area contributed by atoms with Crippen LogP contribution >= 0.6 is 0 Å². The summed E-state index contributed by atoms with van der Waals surface area (Å²) in [5.74, 6) is -0.123. The molecule has 1 aromatic rings. The zero-order chi connectivity index (χ0) is 14.8. The second-order valence-electron chi connectivity index (χ2n) is 4.89. The first-order valence-electron chi connectivity index (χ1n) is 6.40. The van der Waals surface area contributed by atoms with Crippen molar-refractivity contribution in [2.24, 2.45) is 0 Å². The highest BCUT2D eigenvalue weighted by molar-refractivity contribution is 5.80. The fourth-order valence-corrected chi connectivity index (χ4v) is 2.17. The van der Waals surface area contributed by atoms with Crippen LogP contribution in [0.25, 0.3) is 0 Å². The van der Waals surface area contributed by atoms with Crippen LogP contribution in [0.1, 0.15) is 24.0 Å². The summed E-state index contributed by atoms with van der Waals surface area (Å²) in [4.78, 5) is 13.5. The Morgan fingerprint density at radius 1 is 1.35 bits per heavy atom. The third kappa shape index (κ3) is 3.50. The Bertz CT molecular complexity index is 464. The Balaban J connectivity index is 1.97.